The van der Waals surface area contributed by atoms with Crippen molar-refractivity contribution in [1.29, 1.82) is 0 Å². The highest BCUT2D eigenvalue weighted by atomic mass is 35.5. The number of carbonyl (C=O) groups is 1. The number of rotatable bonds is 14. The Morgan fingerprint density at radius 3 is 2.31 bits per heavy atom. The second kappa shape index (κ2) is 15.3. The molecule has 1 aliphatic rings. The van der Waals surface area contributed by atoms with E-state index in [-0.39, 0.29) is 17.2 Å². The zero-order valence-corrected chi connectivity index (χ0v) is 24.3. The van der Waals surface area contributed by atoms with Crippen LogP contribution >= 0.6 is 46.1 Å². The molecule has 218 valence electrons. The van der Waals surface area contributed by atoms with Gasteiger partial charge in [0, 0.05) is 20.3 Å². The predicted molar refractivity (Wildman–Crippen MR) is 151 cm³/mol. The van der Waals surface area contributed by atoms with E-state index in [9.17, 15) is 30.3 Å². The molecular weight excluding hydrogens is 591 g/mol. The summed E-state index contributed by atoms with van der Waals surface area (Å²) in [5.41, 5.74) is 1.02. The third-order valence-electron chi connectivity index (χ3n) is 7.20. The van der Waals surface area contributed by atoms with E-state index in [2.05, 4.69) is 0 Å². The fourth-order valence-corrected chi connectivity index (χ4v) is 7.06. The Bertz CT molecular complexity index is 1050. The minimum absolute atomic E-state index is 0.0675. The lowest BCUT2D eigenvalue weighted by Gasteiger charge is -2.25. The Morgan fingerprint density at radius 2 is 1.64 bits per heavy atom. The van der Waals surface area contributed by atoms with Gasteiger partial charge >= 0.3 is 5.97 Å². The summed E-state index contributed by atoms with van der Waals surface area (Å²) in [7, 11) is 0. The summed E-state index contributed by atoms with van der Waals surface area (Å²) in [6.07, 6.45) is -2.88. The Morgan fingerprint density at radius 1 is 0.974 bits per heavy atom. The zero-order chi connectivity index (χ0) is 28.7. The number of aryl methyl sites for hydroxylation is 2. The molecule has 0 bridgehead atoms. The van der Waals surface area contributed by atoms with Gasteiger partial charge < -0.3 is 35.4 Å². The van der Waals surface area contributed by atoms with Crippen molar-refractivity contribution in [3.63, 3.8) is 0 Å². The largest absolute Gasteiger partial charge is 0.459 e. The predicted octanol–water partition coefficient (Wildman–Crippen LogP) is 3.21. The smallest absolute Gasteiger partial charge is 0.348 e. The van der Waals surface area contributed by atoms with E-state index in [1.165, 1.54) is 11.3 Å². The van der Waals surface area contributed by atoms with Crippen LogP contribution in [0.2, 0.25) is 10.0 Å². The van der Waals surface area contributed by atoms with Crippen LogP contribution in [-0.2, 0) is 17.6 Å². The first-order chi connectivity index (χ1) is 18.5. The fourth-order valence-electron chi connectivity index (χ4n) is 5.05. The van der Waals surface area contributed by atoms with Crippen LogP contribution in [0.15, 0.2) is 30.3 Å². The summed E-state index contributed by atoms with van der Waals surface area (Å²) in [5, 5.41) is 59.3. The number of benzene rings is 1. The number of thiophene rings is 1. The van der Waals surface area contributed by atoms with E-state index in [1.54, 1.807) is 12.1 Å². The highest BCUT2D eigenvalue weighted by Gasteiger charge is 2.40. The summed E-state index contributed by atoms with van der Waals surface area (Å²) >= 11 is 20.1. The average Bonchev–Trinajstić information content (AvgIpc) is 3.47. The van der Waals surface area contributed by atoms with Gasteiger partial charge in [-0.25, -0.2) is 4.79 Å². The number of esters is 1. The highest BCUT2D eigenvalue weighted by Crippen LogP contribution is 2.42. The van der Waals surface area contributed by atoms with Gasteiger partial charge in [0.15, 0.2) is 0 Å². The molecule has 0 aliphatic heterocycles. The van der Waals surface area contributed by atoms with Crippen molar-refractivity contribution >= 4 is 52.1 Å². The van der Waals surface area contributed by atoms with Gasteiger partial charge in [-0.05, 0) is 86.3 Å². The molecule has 0 saturated heterocycles. The SMILES string of the molecule is O=C(OC[C@@H](O)[C@@H](O)[C@@H](O)[C@@H](O)CO)c1ccc(CCC[C@@H]2[C@@H](CCc3cc(Cl)cc(Cl)c3)[C@H](O)C[C@H]2Cl)s1. The second-order valence-electron chi connectivity index (χ2n) is 10.0. The summed E-state index contributed by atoms with van der Waals surface area (Å²) in [5.74, 6) is -0.457. The normalized spacial score (nSPS) is 24.3. The van der Waals surface area contributed by atoms with Crippen LogP contribution in [-0.4, -0.2) is 85.7 Å². The number of hydrogen-bond donors (Lipinski definition) is 6. The molecule has 0 radical (unpaired) electrons. The lowest BCUT2D eigenvalue weighted by atomic mass is 9.85. The lowest BCUT2D eigenvalue weighted by molar-refractivity contribution is -0.124. The van der Waals surface area contributed by atoms with Gasteiger partial charge in [0.05, 0.1) is 12.7 Å². The van der Waals surface area contributed by atoms with Gasteiger partial charge in [0.2, 0.25) is 0 Å². The number of aliphatic hydroxyl groups is 6. The first kappa shape index (κ1) is 32.5. The first-order valence-corrected chi connectivity index (χ1v) is 14.9. The number of alkyl halides is 1. The fraction of sp³-hybridized carbons (Fsp3) is 0.593. The molecular formula is C27H35Cl3O8S. The van der Waals surface area contributed by atoms with Crippen LogP contribution in [0.4, 0.5) is 0 Å². The molecule has 8 atom stereocenters. The Labute approximate surface area is 246 Å². The van der Waals surface area contributed by atoms with E-state index in [0.717, 1.165) is 42.5 Å². The number of hydrogen-bond acceptors (Lipinski definition) is 9. The molecule has 1 aromatic heterocycles. The van der Waals surface area contributed by atoms with Crippen LogP contribution < -0.4 is 0 Å². The minimum Gasteiger partial charge on any atom is -0.459 e. The van der Waals surface area contributed by atoms with Gasteiger partial charge in [-0.2, -0.15) is 0 Å². The lowest BCUT2D eigenvalue weighted by Crippen LogP contribution is -2.47. The molecule has 1 heterocycles. The molecule has 0 amide bonds. The summed E-state index contributed by atoms with van der Waals surface area (Å²) in [6.45, 7) is -1.39. The van der Waals surface area contributed by atoms with Gasteiger partial charge in [0.25, 0.3) is 0 Å². The molecule has 0 spiro atoms. The highest BCUT2D eigenvalue weighted by molar-refractivity contribution is 7.13. The van der Waals surface area contributed by atoms with Crippen molar-refractivity contribution < 1.29 is 40.2 Å². The van der Waals surface area contributed by atoms with Gasteiger partial charge in [-0.1, -0.05) is 23.2 Å². The number of halogens is 3. The molecule has 6 N–H and O–H groups in total. The summed E-state index contributed by atoms with van der Waals surface area (Å²) < 4.78 is 5.04. The van der Waals surface area contributed by atoms with Gasteiger partial charge in [0.1, 0.15) is 35.9 Å². The zero-order valence-electron chi connectivity index (χ0n) is 21.2. The Hall–Kier alpha value is -0.980. The van der Waals surface area contributed by atoms with Crippen LogP contribution in [0, 0.1) is 11.8 Å². The first-order valence-electron chi connectivity index (χ1n) is 12.9. The van der Waals surface area contributed by atoms with Crippen molar-refractivity contribution in [3.8, 4) is 0 Å². The molecule has 12 heteroatoms. The quantitative estimate of drug-likeness (QED) is 0.139. The molecule has 1 saturated carbocycles. The van der Waals surface area contributed by atoms with Crippen molar-refractivity contribution in [2.75, 3.05) is 13.2 Å². The Balaban J connectivity index is 1.46. The van der Waals surface area contributed by atoms with Crippen molar-refractivity contribution in [3.05, 3.63) is 55.7 Å². The van der Waals surface area contributed by atoms with E-state index < -0.39 is 49.7 Å². The minimum atomic E-state index is -1.80. The third-order valence-corrected chi connectivity index (χ3v) is 9.26. The third kappa shape index (κ3) is 9.26. The maximum Gasteiger partial charge on any atom is 0.348 e. The molecule has 2 aromatic rings. The van der Waals surface area contributed by atoms with Crippen LogP contribution in [0.25, 0.3) is 0 Å². The van der Waals surface area contributed by atoms with Crippen LogP contribution in [0.5, 0.6) is 0 Å². The summed E-state index contributed by atoms with van der Waals surface area (Å²) in [6, 6.07) is 8.91. The van der Waals surface area contributed by atoms with Crippen LogP contribution in [0.1, 0.15) is 45.8 Å². The molecule has 0 unspecified atom stereocenters. The molecule has 39 heavy (non-hydrogen) atoms. The van der Waals surface area contributed by atoms with Crippen LogP contribution in [0.3, 0.4) is 0 Å². The van der Waals surface area contributed by atoms with E-state index >= 15 is 0 Å². The molecule has 1 fully saturated rings. The van der Waals surface area contributed by atoms with Crippen molar-refractivity contribution in [1.82, 2.24) is 0 Å². The number of ether oxygens (including phenoxy) is 1. The molecule has 1 aliphatic carbocycles. The monoisotopic (exact) mass is 624 g/mol. The Kier molecular flexibility index (Phi) is 12.8. The second-order valence-corrected chi connectivity index (χ2v) is 12.6. The van der Waals surface area contributed by atoms with Crippen molar-refractivity contribution in [2.45, 2.75) is 74.4 Å². The summed E-state index contributed by atoms with van der Waals surface area (Å²) in [4.78, 5) is 13.7. The van der Waals surface area contributed by atoms with E-state index in [0.29, 0.717) is 21.3 Å². The number of aliphatic hydroxyl groups excluding tert-OH is 6. The topological polar surface area (TPSA) is 148 Å². The molecule has 3 rings (SSSR count). The maximum absolute atomic E-state index is 12.4. The molecule has 1 aromatic carbocycles. The van der Waals surface area contributed by atoms with Gasteiger partial charge in [-0.15, -0.1) is 22.9 Å². The van der Waals surface area contributed by atoms with E-state index in [1.807, 2.05) is 18.2 Å². The van der Waals surface area contributed by atoms with Gasteiger partial charge in [-0.3, -0.25) is 0 Å². The van der Waals surface area contributed by atoms with E-state index in [4.69, 9.17) is 44.6 Å². The van der Waals surface area contributed by atoms with Crippen molar-refractivity contribution in [2.24, 2.45) is 11.8 Å². The number of carbonyl (C=O) groups excluding carboxylic acids is 1. The molecule has 8 nitrogen and oxygen atoms in total. The average molecular weight is 626 g/mol. The standard InChI is InChI=1S/C27H35Cl3O8S/c28-15-8-14(9-16(29)10-15)4-6-19-18(20(30)11-21(19)32)3-1-2-17-5-7-24(39-17)27(37)38-13-23(34)26(36)25(35)22(33)12-31/h5,7-10,18-23,25-26,31-36H,1-4,6,11-13H2/t18-,19-,20-,21-,22+,23-,25+,26-/m1/s1. The maximum atomic E-state index is 12.4.